The number of hydrogen-bond acceptors (Lipinski definition) is 4. The minimum Gasteiger partial charge on any atom is -0.466 e. The van der Waals surface area contributed by atoms with E-state index in [0.29, 0.717) is 11.3 Å². The number of carbonyl (C=O) groups excluding carboxylic acids is 1. The molecule has 1 saturated carbocycles. The molecule has 0 unspecified atom stereocenters. The molecule has 0 spiro atoms. The number of aromatic nitrogens is 2. The van der Waals surface area contributed by atoms with Crippen LogP contribution in [0.1, 0.15) is 35.6 Å². The van der Waals surface area contributed by atoms with E-state index in [1.165, 1.54) is 29.9 Å². The molecule has 0 aliphatic heterocycles. The quantitative estimate of drug-likeness (QED) is 0.222. The van der Waals surface area contributed by atoms with Crippen molar-refractivity contribution in [2.24, 2.45) is 0 Å². The van der Waals surface area contributed by atoms with Crippen LogP contribution in [0.2, 0.25) is 0 Å². The van der Waals surface area contributed by atoms with Gasteiger partial charge in [-0.3, -0.25) is 13.7 Å². The second kappa shape index (κ2) is 9.89. The van der Waals surface area contributed by atoms with Crippen LogP contribution in [0, 0.1) is 0 Å². The van der Waals surface area contributed by atoms with Crippen LogP contribution in [0.15, 0.2) is 64.0 Å². The van der Waals surface area contributed by atoms with Crippen molar-refractivity contribution in [1.82, 2.24) is 9.13 Å². The predicted molar refractivity (Wildman–Crippen MR) is 133 cm³/mol. The summed E-state index contributed by atoms with van der Waals surface area (Å²) in [5.41, 5.74) is -2.83. The average Bonchev–Trinajstić information content (AvgIpc) is 3.62. The van der Waals surface area contributed by atoms with Crippen molar-refractivity contribution < 1.29 is 32.7 Å². The number of rotatable bonds is 8. The molecule has 2 aromatic carbocycles. The number of hydrogen-bond donors (Lipinski definition) is 2. The van der Waals surface area contributed by atoms with E-state index in [2.05, 4.69) is 20.7 Å². The molecule has 3 aromatic rings. The lowest BCUT2D eigenvalue weighted by Gasteiger charge is -2.19. The summed E-state index contributed by atoms with van der Waals surface area (Å²) in [5.74, 6) is -0.481. The summed E-state index contributed by atoms with van der Waals surface area (Å²) in [5, 5.41) is 0. The smallest absolute Gasteiger partial charge is 0.399 e. The number of esters is 1. The van der Waals surface area contributed by atoms with Crippen molar-refractivity contribution >= 4 is 35.6 Å². The van der Waals surface area contributed by atoms with Crippen LogP contribution >= 0.6 is 23.5 Å². The number of carbonyl (C=O) groups is 1. The average molecular weight is 583 g/mol. The Morgan fingerprint density at radius 1 is 1.22 bits per heavy atom. The van der Waals surface area contributed by atoms with E-state index in [1.807, 2.05) is 0 Å². The number of ether oxygens (including phenoxy) is 1. The summed E-state index contributed by atoms with van der Waals surface area (Å²) in [6.07, 6.45) is 6.44. The lowest BCUT2D eigenvalue weighted by atomic mass is 10.1. The molecular weight excluding hydrogens is 561 g/mol. The van der Waals surface area contributed by atoms with E-state index in [-0.39, 0.29) is 22.7 Å². The molecule has 4 rings (SSSR count). The number of imidazole rings is 1. The van der Waals surface area contributed by atoms with Crippen LogP contribution < -0.4 is 5.69 Å². The Labute approximate surface area is 213 Å². The van der Waals surface area contributed by atoms with E-state index < -0.39 is 24.8 Å². The number of methoxy groups -OCH3 is 1. The molecule has 0 saturated heterocycles. The number of benzene rings is 2. The van der Waals surface area contributed by atoms with Gasteiger partial charge in [-0.2, -0.15) is 8.78 Å². The summed E-state index contributed by atoms with van der Waals surface area (Å²) < 4.78 is 47.3. The summed E-state index contributed by atoms with van der Waals surface area (Å²) in [4.78, 5) is 42.6. The molecule has 1 aromatic heterocycles. The zero-order valence-corrected chi connectivity index (χ0v) is 21.5. The van der Waals surface area contributed by atoms with Gasteiger partial charge in [-0.1, -0.05) is 52.3 Å². The van der Waals surface area contributed by atoms with Gasteiger partial charge in [0.15, 0.2) is 0 Å². The maximum Gasteiger partial charge on any atom is 0.399 e. The van der Waals surface area contributed by atoms with Crippen molar-refractivity contribution in [3.8, 4) is 11.3 Å². The van der Waals surface area contributed by atoms with Crippen LogP contribution in [0.3, 0.4) is 0 Å². The van der Waals surface area contributed by atoms with E-state index in [9.17, 15) is 22.9 Å². The van der Waals surface area contributed by atoms with Gasteiger partial charge in [0.1, 0.15) is 0 Å². The van der Waals surface area contributed by atoms with Crippen molar-refractivity contribution in [2.45, 2.75) is 31.1 Å². The van der Waals surface area contributed by atoms with Gasteiger partial charge >= 0.3 is 24.9 Å². The zero-order chi connectivity index (χ0) is 26.3. The Balaban J connectivity index is 1.69. The van der Waals surface area contributed by atoms with Crippen LogP contribution in [0.4, 0.5) is 8.78 Å². The van der Waals surface area contributed by atoms with Gasteiger partial charge in [0.25, 0.3) is 0 Å². The van der Waals surface area contributed by atoms with Crippen molar-refractivity contribution in [3.63, 3.8) is 0 Å². The molecule has 0 bridgehead atoms. The molecule has 1 heterocycles. The summed E-state index contributed by atoms with van der Waals surface area (Å²) >= 11 is 2.99. The normalized spacial score (nSPS) is 14.4. The lowest BCUT2D eigenvalue weighted by molar-refractivity contribution is -0.134. The first-order valence-corrected chi connectivity index (χ1v) is 13.2. The molecule has 1 aliphatic carbocycles. The second-order valence-electron chi connectivity index (χ2n) is 8.40. The maximum atomic E-state index is 14.2. The van der Waals surface area contributed by atoms with Gasteiger partial charge in [-0.05, 0) is 41.7 Å². The lowest BCUT2D eigenvalue weighted by Crippen LogP contribution is -2.24. The zero-order valence-electron chi connectivity index (χ0n) is 19.0. The molecule has 1 fully saturated rings. The standard InChI is InChI=1S/C24H22BrF2N2O6P/c1-35-22(30)11-5-15-2-6-17(7-3-15)21-14-28(18-8-9-18)23(31)29(21)13-16-4-10-19(20(25)12-16)24(26,27)36(32,33)34/h2-7,10-12,14,18H,8-9,13H2,1H3,(H2,32,33,34)/b11-5+. The summed E-state index contributed by atoms with van der Waals surface area (Å²) in [7, 11) is -4.44. The highest BCUT2D eigenvalue weighted by atomic mass is 79.9. The molecule has 36 heavy (non-hydrogen) atoms. The summed E-state index contributed by atoms with van der Waals surface area (Å²) in [6, 6.07) is 10.9. The molecule has 2 N–H and O–H groups in total. The number of alkyl halides is 2. The van der Waals surface area contributed by atoms with E-state index >= 15 is 0 Å². The van der Waals surface area contributed by atoms with Gasteiger partial charge < -0.3 is 14.5 Å². The predicted octanol–water partition coefficient (Wildman–Crippen LogP) is 4.88. The van der Waals surface area contributed by atoms with E-state index in [0.717, 1.165) is 30.0 Å². The first-order chi connectivity index (χ1) is 16.9. The molecule has 0 amide bonds. The summed E-state index contributed by atoms with van der Waals surface area (Å²) in [6.45, 7) is 0.0538. The van der Waals surface area contributed by atoms with Gasteiger partial charge in [0, 0.05) is 28.4 Å². The van der Waals surface area contributed by atoms with Crippen LogP contribution in [-0.4, -0.2) is 32.0 Å². The fourth-order valence-electron chi connectivity index (χ4n) is 3.73. The monoisotopic (exact) mass is 582 g/mol. The van der Waals surface area contributed by atoms with Crippen molar-refractivity contribution in [1.29, 1.82) is 0 Å². The fourth-order valence-corrected chi connectivity index (χ4v) is 5.07. The maximum absolute atomic E-state index is 14.2. The first kappa shape index (κ1) is 26.2. The SMILES string of the molecule is COC(=O)/C=C/c1ccc(-c2cn(C3CC3)c(=O)n2Cc2ccc(C(F)(F)P(=O)(O)O)c(Br)c2)cc1. The molecule has 0 atom stereocenters. The van der Waals surface area contributed by atoms with Gasteiger partial charge in [0.05, 0.1) is 19.3 Å². The Hall–Kier alpha value is -2.85. The van der Waals surface area contributed by atoms with E-state index in [4.69, 9.17) is 9.79 Å². The highest BCUT2D eigenvalue weighted by Gasteiger charge is 2.51. The number of nitrogens with zero attached hydrogens (tertiary/aromatic N) is 2. The minimum atomic E-state index is -5.72. The third-order valence-electron chi connectivity index (χ3n) is 5.83. The highest BCUT2D eigenvalue weighted by molar-refractivity contribution is 9.10. The molecule has 1 aliphatic rings. The Bertz CT molecular complexity index is 1440. The van der Waals surface area contributed by atoms with Crippen molar-refractivity contribution in [2.75, 3.05) is 7.11 Å². The Morgan fingerprint density at radius 2 is 1.89 bits per heavy atom. The van der Waals surface area contributed by atoms with Gasteiger partial charge in [-0.15, -0.1) is 0 Å². The molecule has 0 radical (unpaired) electrons. The number of halogens is 3. The fraction of sp³-hybridized carbons (Fsp3) is 0.250. The van der Waals surface area contributed by atoms with Gasteiger partial charge in [-0.25, -0.2) is 9.59 Å². The van der Waals surface area contributed by atoms with Gasteiger partial charge in [0.2, 0.25) is 0 Å². The molecule has 190 valence electrons. The third-order valence-corrected chi connectivity index (χ3v) is 7.46. The molecule has 12 heteroatoms. The van der Waals surface area contributed by atoms with Crippen molar-refractivity contribution in [3.05, 3.63) is 86.4 Å². The largest absolute Gasteiger partial charge is 0.466 e. The Morgan fingerprint density at radius 3 is 2.44 bits per heavy atom. The molecular formula is C24H22BrF2N2O6P. The van der Waals surface area contributed by atoms with Crippen LogP contribution in [0.5, 0.6) is 0 Å². The second-order valence-corrected chi connectivity index (χ2v) is 10.9. The van der Waals surface area contributed by atoms with Crippen LogP contribution in [-0.2, 0) is 26.3 Å². The molecule has 8 nitrogen and oxygen atoms in total. The van der Waals surface area contributed by atoms with Crippen LogP contribution in [0.25, 0.3) is 17.3 Å². The highest BCUT2D eigenvalue weighted by Crippen LogP contribution is 2.60. The first-order valence-electron chi connectivity index (χ1n) is 10.8. The topological polar surface area (TPSA) is 111 Å². The van der Waals surface area contributed by atoms with E-state index in [1.54, 1.807) is 41.1 Å². The Kier molecular flexibility index (Phi) is 7.21. The minimum absolute atomic E-state index is 0.0538. The third kappa shape index (κ3) is 5.29.